The van der Waals surface area contributed by atoms with Gasteiger partial charge in [0.2, 0.25) is 0 Å². The molecule has 0 aliphatic heterocycles. The van der Waals surface area contributed by atoms with Crippen molar-refractivity contribution in [3.63, 3.8) is 0 Å². The van der Waals surface area contributed by atoms with Crippen LogP contribution < -0.4 is 5.73 Å². The highest BCUT2D eigenvalue weighted by Gasteiger charge is 2.19. The number of aromatic nitrogens is 4. The van der Waals surface area contributed by atoms with Gasteiger partial charge in [0.25, 0.3) is 0 Å². The first-order valence-electron chi connectivity index (χ1n) is 8.63. The quantitative estimate of drug-likeness (QED) is 0.677. The second-order valence-corrected chi connectivity index (χ2v) is 6.61. The van der Waals surface area contributed by atoms with Gasteiger partial charge < -0.3 is 15.7 Å². The van der Waals surface area contributed by atoms with Gasteiger partial charge in [0.1, 0.15) is 23.3 Å². The van der Waals surface area contributed by atoms with Crippen molar-refractivity contribution in [2.75, 3.05) is 5.73 Å². The summed E-state index contributed by atoms with van der Waals surface area (Å²) in [4.78, 5) is 15.4. The number of imidazole rings is 1. The molecule has 1 aliphatic rings. The minimum atomic E-state index is 0.233. The average molecular weight is 332 g/mol. The topological polar surface area (TPSA) is 107 Å². The van der Waals surface area contributed by atoms with E-state index in [1.165, 1.54) is 25.7 Å². The van der Waals surface area contributed by atoms with E-state index in [0.717, 1.165) is 29.2 Å². The van der Waals surface area contributed by atoms with E-state index in [4.69, 9.17) is 5.73 Å². The van der Waals surface area contributed by atoms with E-state index in [1.807, 2.05) is 24.4 Å². The Kier molecular flexibility index (Phi) is 3.98. The number of nitrogens with one attached hydrogen (secondary N) is 2. The molecule has 6 nitrogen and oxygen atoms in total. The maximum Gasteiger partial charge on any atom is 0.142 e. The highest BCUT2D eigenvalue weighted by molar-refractivity contribution is 5.77. The zero-order chi connectivity index (χ0) is 17.2. The number of nitrogens with two attached hydrogens (primary N) is 1. The summed E-state index contributed by atoms with van der Waals surface area (Å²) >= 11 is 0. The fourth-order valence-electron chi connectivity index (χ4n) is 3.61. The maximum atomic E-state index is 9.51. The monoisotopic (exact) mass is 332 g/mol. The van der Waals surface area contributed by atoms with Gasteiger partial charge in [0.15, 0.2) is 0 Å². The molecule has 4 N–H and O–H groups in total. The molecule has 0 saturated heterocycles. The second kappa shape index (κ2) is 6.44. The molecule has 1 fully saturated rings. The van der Waals surface area contributed by atoms with Crippen molar-refractivity contribution >= 4 is 5.82 Å². The molecule has 1 aliphatic carbocycles. The van der Waals surface area contributed by atoms with Crippen LogP contribution in [0.1, 0.15) is 37.1 Å². The summed E-state index contributed by atoms with van der Waals surface area (Å²) in [7, 11) is 0. The molecular weight excluding hydrogens is 312 g/mol. The van der Waals surface area contributed by atoms with E-state index in [-0.39, 0.29) is 5.82 Å². The first-order valence-corrected chi connectivity index (χ1v) is 8.63. The van der Waals surface area contributed by atoms with Crippen molar-refractivity contribution in [2.24, 2.45) is 5.92 Å². The smallest absolute Gasteiger partial charge is 0.142 e. The summed E-state index contributed by atoms with van der Waals surface area (Å²) in [5.41, 5.74) is 9.54. The SMILES string of the molecule is N#Cc1c(-c2cnc(CC3CCCC3)[nH]2)cc(-c2ccc[nH]2)nc1N. The van der Waals surface area contributed by atoms with E-state index in [9.17, 15) is 5.26 Å². The summed E-state index contributed by atoms with van der Waals surface area (Å²) in [5.74, 6) is 1.92. The molecule has 0 amide bonds. The molecule has 4 rings (SSSR count). The number of pyridine rings is 1. The molecule has 6 heteroatoms. The fraction of sp³-hybridized carbons (Fsp3) is 0.316. The number of nitrogen functional groups attached to an aromatic ring is 1. The van der Waals surface area contributed by atoms with Crippen molar-refractivity contribution in [1.29, 1.82) is 5.26 Å². The highest BCUT2D eigenvalue weighted by Crippen LogP contribution is 2.31. The van der Waals surface area contributed by atoms with E-state index in [0.29, 0.717) is 17.2 Å². The maximum absolute atomic E-state index is 9.51. The molecular formula is C19H20N6. The van der Waals surface area contributed by atoms with Crippen LogP contribution in [-0.2, 0) is 6.42 Å². The van der Waals surface area contributed by atoms with Gasteiger partial charge in [-0.15, -0.1) is 0 Å². The molecule has 0 spiro atoms. The zero-order valence-corrected chi connectivity index (χ0v) is 13.9. The largest absolute Gasteiger partial charge is 0.383 e. The lowest BCUT2D eigenvalue weighted by Gasteiger charge is -2.08. The minimum absolute atomic E-state index is 0.233. The molecule has 0 unspecified atom stereocenters. The number of hydrogen-bond acceptors (Lipinski definition) is 4. The minimum Gasteiger partial charge on any atom is -0.383 e. The number of rotatable bonds is 4. The molecule has 0 radical (unpaired) electrons. The number of nitriles is 1. The first kappa shape index (κ1) is 15.5. The Morgan fingerprint density at radius 2 is 2.12 bits per heavy atom. The summed E-state index contributed by atoms with van der Waals surface area (Å²) in [6.07, 6.45) is 9.77. The first-order chi connectivity index (χ1) is 12.2. The van der Waals surface area contributed by atoms with Gasteiger partial charge in [0.05, 0.1) is 23.3 Å². The molecule has 0 atom stereocenters. The summed E-state index contributed by atoms with van der Waals surface area (Å²) in [5, 5.41) is 9.51. The van der Waals surface area contributed by atoms with E-state index in [2.05, 4.69) is 26.0 Å². The fourth-order valence-corrected chi connectivity index (χ4v) is 3.61. The van der Waals surface area contributed by atoms with Crippen molar-refractivity contribution in [1.82, 2.24) is 19.9 Å². The molecule has 3 aromatic rings. The van der Waals surface area contributed by atoms with Crippen LogP contribution in [0.5, 0.6) is 0 Å². The van der Waals surface area contributed by atoms with Crippen molar-refractivity contribution < 1.29 is 0 Å². The molecule has 0 bridgehead atoms. The zero-order valence-electron chi connectivity index (χ0n) is 13.9. The average Bonchev–Trinajstić information content (AvgIpc) is 3.37. The van der Waals surface area contributed by atoms with Gasteiger partial charge in [-0.2, -0.15) is 5.26 Å². The van der Waals surface area contributed by atoms with Crippen LogP contribution in [0.15, 0.2) is 30.6 Å². The van der Waals surface area contributed by atoms with Gasteiger partial charge >= 0.3 is 0 Å². The molecule has 1 saturated carbocycles. The lowest BCUT2D eigenvalue weighted by atomic mass is 10.0. The van der Waals surface area contributed by atoms with Crippen LogP contribution in [0.4, 0.5) is 5.82 Å². The van der Waals surface area contributed by atoms with Crippen molar-refractivity contribution in [3.8, 4) is 28.7 Å². The van der Waals surface area contributed by atoms with Crippen LogP contribution in [0, 0.1) is 17.2 Å². The number of aromatic amines is 2. The van der Waals surface area contributed by atoms with Crippen LogP contribution >= 0.6 is 0 Å². The normalized spacial score (nSPS) is 14.7. The molecule has 25 heavy (non-hydrogen) atoms. The molecule has 3 heterocycles. The van der Waals surface area contributed by atoms with E-state index >= 15 is 0 Å². The van der Waals surface area contributed by atoms with Crippen LogP contribution in [0.3, 0.4) is 0 Å². The Morgan fingerprint density at radius 3 is 2.84 bits per heavy atom. The van der Waals surface area contributed by atoms with Crippen LogP contribution in [0.25, 0.3) is 22.6 Å². The van der Waals surface area contributed by atoms with Gasteiger partial charge in [-0.05, 0) is 24.1 Å². The van der Waals surface area contributed by atoms with Crippen LogP contribution in [0.2, 0.25) is 0 Å². The van der Waals surface area contributed by atoms with Crippen molar-refractivity contribution in [2.45, 2.75) is 32.1 Å². The Labute approximate surface area is 146 Å². The third kappa shape index (κ3) is 3.01. The van der Waals surface area contributed by atoms with Crippen molar-refractivity contribution in [3.05, 3.63) is 42.0 Å². The van der Waals surface area contributed by atoms with E-state index in [1.54, 1.807) is 6.20 Å². The molecule has 0 aromatic carbocycles. The Hall–Kier alpha value is -3.07. The third-order valence-electron chi connectivity index (χ3n) is 4.91. The Bertz CT molecular complexity index is 910. The predicted molar refractivity (Wildman–Crippen MR) is 96.4 cm³/mol. The Morgan fingerprint density at radius 1 is 1.28 bits per heavy atom. The predicted octanol–water partition coefficient (Wildman–Crippen LogP) is 3.65. The lowest BCUT2D eigenvalue weighted by Crippen LogP contribution is -2.01. The highest BCUT2D eigenvalue weighted by atomic mass is 14.9. The van der Waals surface area contributed by atoms with E-state index < -0.39 is 0 Å². The summed E-state index contributed by atoms with van der Waals surface area (Å²) in [6, 6.07) is 7.88. The van der Waals surface area contributed by atoms with Gasteiger partial charge in [0, 0.05) is 18.2 Å². The lowest BCUT2D eigenvalue weighted by molar-refractivity contribution is 0.533. The molecule has 126 valence electrons. The standard InChI is InChI=1S/C19H20N6/c20-10-14-13(9-16(25-19(14)21)15-6-3-7-22-15)17-11-23-18(24-17)8-12-4-1-2-5-12/h3,6-7,9,11-12,22H,1-2,4-5,8H2,(H2,21,25)(H,23,24). The Balaban J connectivity index is 1.71. The third-order valence-corrected chi connectivity index (χ3v) is 4.91. The van der Waals surface area contributed by atoms with Gasteiger partial charge in [-0.25, -0.2) is 9.97 Å². The second-order valence-electron chi connectivity index (χ2n) is 6.61. The molecule has 3 aromatic heterocycles. The van der Waals surface area contributed by atoms with Gasteiger partial charge in [-0.3, -0.25) is 0 Å². The van der Waals surface area contributed by atoms with Gasteiger partial charge in [-0.1, -0.05) is 25.7 Å². The number of hydrogen-bond donors (Lipinski definition) is 3. The summed E-state index contributed by atoms with van der Waals surface area (Å²) < 4.78 is 0. The number of H-pyrrole nitrogens is 2. The van der Waals surface area contributed by atoms with Crippen LogP contribution in [-0.4, -0.2) is 19.9 Å². The summed E-state index contributed by atoms with van der Waals surface area (Å²) in [6.45, 7) is 0. The number of anilines is 1. The number of nitrogens with zero attached hydrogens (tertiary/aromatic N) is 3.